The van der Waals surface area contributed by atoms with Crippen molar-refractivity contribution in [2.24, 2.45) is 0 Å². The minimum absolute atomic E-state index is 0.0823. The van der Waals surface area contributed by atoms with E-state index in [0.717, 1.165) is 12.8 Å². The number of nitrogens with zero attached hydrogens (tertiary/aromatic N) is 1. The average Bonchev–Trinajstić information content (AvgIpc) is 2.80. The lowest BCUT2D eigenvalue weighted by atomic mass is 10.1. The largest absolute Gasteiger partial charge is 0.397 e. The first-order chi connectivity index (χ1) is 11.5. The Morgan fingerprint density at radius 1 is 0.875 bits per heavy atom. The first kappa shape index (κ1) is 20.8. The van der Waals surface area contributed by atoms with Crippen LogP contribution in [-0.4, -0.2) is 27.8 Å². The van der Waals surface area contributed by atoms with Crippen molar-refractivity contribution in [3.63, 3.8) is 0 Å². The van der Waals surface area contributed by atoms with Crippen LogP contribution in [0.4, 0.5) is 0 Å². The maximum Gasteiger partial charge on any atom is 0.397 e. The monoisotopic (exact) mass is 342 g/mol. The highest BCUT2D eigenvalue weighted by molar-refractivity contribution is 5.91. The molecule has 0 aromatic carbocycles. The van der Waals surface area contributed by atoms with Gasteiger partial charge in [0, 0.05) is 0 Å². The third-order valence-electron chi connectivity index (χ3n) is 4.45. The first-order valence-electron chi connectivity index (χ1n) is 9.41. The fraction of sp³-hybridized carbons (Fsp3) is 0.833. The van der Waals surface area contributed by atoms with Gasteiger partial charge in [-0.3, -0.25) is 0 Å². The Kier molecular flexibility index (Phi) is 9.79. The smallest absolute Gasteiger partial charge is 0.245 e. The summed E-state index contributed by atoms with van der Waals surface area (Å²) in [6.07, 6.45) is 12.9. The minimum Gasteiger partial charge on any atom is -0.245 e. The number of rotatable bonds is 13. The lowest BCUT2D eigenvalue weighted by molar-refractivity contribution is -1.12. The van der Waals surface area contributed by atoms with Crippen molar-refractivity contribution in [3.05, 3.63) is 0 Å². The Balaban J connectivity index is 1.98. The molecule has 24 heavy (non-hydrogen) atoms. The van der Waals surface area contributed by atoms with E-state index in [1.165, 1.54) is 51.4 Å². The van der Waals surface area contributed by atoms with E-state index >= 15 is 0 Å². The number of hydrogen-bond donors (Lipinski definition) is 1. The van der Waals surface area contributed by atoms with Gasteiger partial charge in [-0.2, -0.15) is 5.21 Å². The van der Waals surface area contributed by atoms with E-state index < -0.39 is 22.6 Å². The van der Waals surface area contributed by atoms with Crippen LogP contribution in [-0.2, 0) is 19.2 Å². The molecule has 0 radical (unpaired) electrons. The zero-order chi connectivity index (χ0) is 17.8. The van der Waals surface area contributed by atoms with Gasteiger partial charge in [0.05, 0.1) is 19.3 Å². The minimum atomic E-state index is -1.79. The number of imide groups is 1. The van der Waals surface area contributed by atoms with Crippen molar-refractivity contribution >= 4 is 17.8 Å². The van der Waals surface area contributed by atoms with Crippen LogP contribution in [0.2, 0.25) is 0 Å². The zero-order valence-electron chi connectivity index (χ0n) is 14.9. The van der Waals surface area contributed by atoms with E-state index in [1.54, 1.807) is 0 Å². The van der Waals surface area contributed by atoms with E-state index in [1.807, 2.05) is 0 Å². The van der Waals surface area contributed by atoms with Gasteiger partial charge < -0.3 is 0 Å². The summed E-state index contributed by atoms with van der Waals surface area (Å²) in [5.41, 5.74) is 0. The lowest BCUT2D eigenvalue weighted by Crippen LogP contribution is -2.50. The number of hydrogen-bond acceptors (Lipinski definition) is 5. The number of quaternary nitrogens is 1. The highest BCUT2D eigenvalue weighted by atomic mass is 17.0. The molecule has 6 nitrogen and oxygen atoms in total. The van der Waals surface area contributed by atoms with Crippen molar-refractivity contribution in [2.75, 3.05) is 0 Å². The van der Waals surface area contributed by atoms with Crippen LogP contribution in [0.3, 0.4) is 0 Å². The molecule has 0 aliphatic carbocycles. The third-order valence-corrected chi connectivity index (χ3v) is 4.45. The Morgan fingerprint density at radius 3 is 1.75 bits per heavy atom. The quantitative estimate of drug-likeness (QED) is 0.235. The molecule has 1 saturated heterocycles. The SMILES string of the molecule is CCCCCCCCCCCCCC(=O)O[N+]1(O)C(=O)CCC1=O. The summed E-state index contributed by atoms with van der Waals surface area (Å²) < 4.78 is 0. The molecule has 0 atom stereocenters. The number of carbonyl (C=O) groups is 3. The molecular weight excluding hydrogens is 310 g/mol. The molecule has 0 spiro atoms. The van der Waals surface area contributed by atoms with Gasteiger partial charge in [-0.1, -0.05) is 71.1 Å². The van der Waals surface area contributed by atoms with Crippen LogP contribution in [0.15, 0.2) is 0 Å². The lowest BCUT2D eigenvalue weighted by Gasteiger charge is -2.15. The van der Waals surface area contributed by atoms with E-state index in [4.69, 9.17) is 0 Å². The molecule has 0 bridgehead atoms. The second-order valence-electron chi connectivity index (χ2n) is 6.61. The highest BCUT2D eigenvalue weighted by Crippen LogP contribution is 2.21. The third kappa shape index (κ3) is 7.09. The molecule has 2 amide bonds. The predicted octanol–water partition coefficient (Wildman–Crippen LogP) is 4.20. The molecule has 6 heteroatoms. The standard InChI is InChI=1S/C18H32NO5/c1-2-3-4-5-6-7-8-9-10-11-12-13-18(22)24-19(23)16(20)14-15-17(19)21/h23H,2-15H2,1H3/q+1. The summed E-state index contributed by atoms with van der Waals surface area (Å²) in [6.45, 7) is 2.22. The maximum absolute atomic E-state index is 11.7. The van der Waals surface area contributed by atoms with Crippen molar-refractivity contribution in [1.82, 2.24) is 0 Å². The number of carbonyl (C=O) groups excluding carboxylic acids is 3. The van der Waals surface area contributed by atoms with Gasteiger partial charge in [-0.15, -0.1) is 0 Å². The van der Waals surface area contributed by atoms with E-state index in [2.05, 4.69) is 11.8 Å². The van der Waals surface area contributed by atoms with Gasteiger partial charge in [0.2, 0.25) is 0 Å². The Morgan fingerprint density at radius 2 is 1.29 bits per heavy atom. The fourth-order valence-electron chi connectivity index (χ4n) is 2.88. The highest BCUT2D eigenvalue weighted by Gasteiger charge is 2.55. The normalized spacial score (nSPS) is 16.6. The van der Waals surface area contributed by atoms with Crippen LogP contribution in [0, 0.1) is 0 Å². The van der Waals surface area contributed by atoms with Gasteiger partial charge >= 0.3 is 17.8 Å². The molecule has 1 N–H and O–H groups in total. The molecule has 0 aromatic rings. The van der Waals surface area contributed by atoms with Crippen LogP contribution >= 0.6 is 0 Å². The van der Waals surface area contributed by atoms with E-state index in [0.29, 0.717) is 6.42 Å². The van der Waals surface area contributed by atoms with Crippen LogP contribution < -0.4 is 0 Å². The summed E-state index contributed by atoms with van der Waals surface area (Å²) in [5, 5.41) is 9.77. The van der Waals surface area contributed by atoms with Gasteiger partial charge in [0.15, 0.2) is 0 Å². The van der Waals surface area contributed by atoms with Crippen molar-refractivity contribution in [2.45, 2.75) is 96.8 Å². The molecule has 1 fully saturated rings. The molecule has 138 valence electrons. The number of unbranched alkanes of at least 4 members (excludes halogenated alkanes) is 10. The maximum atomic E-state index is 11.7. The van der Waals surface area contributed by atoms with Crippen molar-refractivity contribution < 1.29 is 29.2 Å². The second kappa shape index (κ2) is 11.3. The summed E-state index contributed by atoms with van der Waals surface area (Å²) in [5.74, 6) is -2.24. The average molecular weight is 342 g/mol. The van der Waals surface area contributed by atoms with Crippen LogP contribution in [0.1, 0.15) is 96.8 Å². The fourth-order valence-corrected chi connectivity index (χ4v) is 2.88. The van der Waals surface area contributed by atoms with Crippen molar-refractivity contribution in [3.8, 4) is 0 Å². The molecule has 1 aliphatic heterocycles. The van der Waals surface area contributed by atoms with Crippen LogP contribution in [0.5, 0.6) is 0 Å². The summed E-state index contributed by atoms with van der Waals surface area (Å²) >= 11 is 0. The van der Waals surface area contributed by atoms with Crippen LogP contribution in [0.25, 0.3) is 0 Å². The summed E-state index contributed by atoms with van der Waals surface area (Å²) in [4.78, 5) is 37.4. The Labute approximate surface area is 144 Å². The number of hydroxylamine groups is 4. The second-order valence-corrected chi connectivity index (χ2v) is 6.61. The Bertz CT molecular complexity index is 406. The molecule has 0 aromatic heterocycles. The summed E-state index contributed by atoms with van der Waals surface area (Å²) in [7, 11) is 0. The summed E-state index contributed by atoms with van der Waals surface area (Å²) in [6, 6.07) is 0. The molecule has 1 heterocycles. The van der Waals surface area contributed by atoms with Gasteiger partial charge in [0.1, 0.15) is 4.81 Å². The molecular formula is C18H32NO5+. The molecule has 1 aliphatic rings. The predicted molar refractivity (Wildman–Crippen MR) is 88.5 cm³/mol. The molecule has 0 saturated carbocycles. The topological polar surface area (TPSA) is 80.7 Å². The van der Waals surface area contributed by atoms with Gasteiger partial charge in [-0.25, -0.2) is 19.2 Å². The first-order valence-corrected chi connectivity index (χ1v) is 9.41. The van der Waals surface area contributed by atoms with Gasteiger partial charge in [-0.05, 0) is 6.42 Å². The molecule has 0 unspecified atom stereocenters. The van der Waals surface area contributed by atoms with E-state index in [9.17, 15) is 19.6 Å². The van der Waals surface area contributed by atoms with E-state index in [-0.39, 0.29) is 19.3 Å². The van der Waals surface area contributed by atoms with Crippen molar-refractivity contribution in [1.29, 1.82) is 0 Å². The number of amides is 2. The molecule has 1 rings (SSSR count). The van der Waals surface area contributed by atoms with Gasteiger partial charge in [0.25, 0.3) is 0 Å². The zero-order valence-corrected chi connectivity index (χ0v) is 14.9. The Hall–Kier alpha value is -1.27.